The average Bonchev–Trinajstić information content (AvgIpc) is 2.88. The number of rotatable bonds is 5. The maximum atomic E-state index is 12.5. The molecule has 128 valence electrons. The van der Waals surface area contributed by atoms with Crippen LogP contribution in [0, 0.1) is 0 Å². The highest BCUT2D eigenvalue weighted by atomic mass is 35.5. The van der Waals surface area contributed by atoms with Crippen molar-refractivity contribution in [2.75, 3.05) is 19.1 Å². The Morgan fingerprint density at radius 1 is 1.16 bits per heavy atom. The number of nitrogens with one attached hydrogen (secondary N) is 1. The van der Waals surface area contributed by atoms with E-state index < -0.39 is 0 Å². The smallest absolute Gasteiger partial charge is 0.295 e. The number of carbonyl (C=O) groups excluding carboxylic acids is 2. The van der Waals surface area contributed by atoms with Crippen molar-refractivity contribution in [3.05, 3.63) is 64.0 Å². The lowest BCUT2D eigenvalue weighted by molar-refractivity contribution is -0.122. The second kappa shape index (κ2) is 7.63. The number of thioether (sulfide) groups is 1. The van der Waals surface area contributed by atoms with Gasteiger partial charge in [0.25, 0.3) is 11.1 Å². The molecule has 1 N–H and O–H groups in total. The van der Waals surface area contributed by atoms with E-state index in [-0.39, 0.29) is 17.8 Å². The van der Waals surface area contributed by atoms with Gasteiger partial charge in [0.2, 0.25) is 0 Å². The lowest BCUT2D eigenvalue weighted by atomic mass is 10.2. The Kier molecular flexibility index (Phi) is 5.31. The van der Waals surface area contributed by atoms with Crippen LogP contribution in [0.15, 0.2) is 53.4 Å². The molecule has 0 bridgehead atoms. The standard InChI is InChI=1S/C18H15ClN2O3S/c1-24-15-5-3-2-4-12(15)10-16-17(22)21(18(23)25-16)11-20-14-8-6-13(19)7-9-14/h2-10,20H,11H2,1H3. The zero-order valence-electron chi connectivity index (χ0n) is 13.4. The molecule has 0 unspecified atom stereocenters. The molecular formula is C18H15ClN2O3S. The van der Waals surface area contributed by atoms with E-state index in [1.165, 1.54) is 4.90 Å². The molecule has 0 spiro atoms. The van der Waals surface area contributed by atoms with Gasteiger partial charge in [-0.3, -0.25) is 14.5 Å². The third-order valence-corrected chi connectivity index (χ3v) is 4.74. The van der Waals surface area contributed by atoms with Gasteiger partial charge < -0.3 is 10.1 Å². The summed E-state index contributed by atoms with van der Waals surface area (Å²) < 4.78 is 5.27. The summed E-state index contributed by atoms with van der Waals surface area (Å²) in [5, 5.41) is 3.35. The summed E-state index contributed by atoms with van der Waals surface area (Å²) in [5.41, 5.74) is 1.53. The highest BCUT2D eigenvalue weighted by Crippen LogP contribution is 2.33. The van der Waals surface area contributed by atoms with E-state index in [4.69, 9.17) is 16.3 Å². The minimum atomic E-state index is -0.331. The van der Waals surface area contributed by atoms with Gasteiger partial charge in [0.05, 0.1) is 18.7 Å². The molecule has 1 heterocycles. The number of halogens is 1. The summed E-state index contributed by atoms with van der Waals surface area (Å²) >= 11 is 6.75. The number of anilines is 1. The summed E-state index contributed by atoms with van der Waals surface area (Å²) in [5.74, 6) is 0.316. The van der Waals surface area contributed by atoms with Gasteiger partial charge in [0, 0.05) is 16.3 Å². The maximum absolute atomic E-state index is 12.5. The fraction of sp³-hybridized carbons (Fsp3) is 0.111. The van der Waals surface area contributed by atoms with E-state index >= 15 is 0 Å². The van der Waals surface area contributed by atoms with Crippen LogP contribution in [0.3, 0.4) is 0 Å². The van der Waals surface area contributed by atoms with Crippen LogP contribution in [-0.4, -0.2) is 29.8 Å². The molecule has 1 saturated heterocycles. The van der Waals surface area contributed by atoms with Gasteiger partial charge in [0.1, 0.15) is 5.75 Å². The molecule has 2 aromatic carbocycles. The normalized spacial score (nSPS) is 15.8. The fourth-order valence-corrected chi connectivity index (χ4v) is 3.26. The number of methoxy groups -OCH3 is 1. The van der Waals surface area contributed by atoms with Gasteiger partial charge >= 0.3 is 0 Å². The highest BCUT2D eigenvalue weighted by molar-refractivity contribution is 8.18. The first-order valence-corrected chi connectivity index (χ1v) is 8.66. The van der Waals surface area contributed by atoms with Crippen molar-refractivity contribution >= 4 is 46.3 Å². The second-order valence-electron chi connectivity index (χ2n) is 5.19. The van der Waals surface area contributed by atoms with Crippen molar-refractivity contribution in [1.82, 2.24) is 4.90 Å². The fourth-order valence-electron chi connectivity index (χ4n) is 2.30. The molecule has 1 fully saturated rings. The van der Waals surface area contributed by atoms with Gasteiger partial charge in [-0.05, 0) is 48.2 Å². The number of hydrogen-bond donors (Lipinski definition) is 1. The molecule has 2 aromatic rings. The molecule has 0 saturated carbocycles. The monoisotopic (exact) mass is 374 g/mol. The third-order valence-electron chi connectivity index (χ3n) is 3.58. The van der Waals surface area contributed by atoms with Gasteiger partial charge in [-0.25, -0.2) is 0 Å². The van der Waals surface area contributed by atoms with Crippen LogP contribution in [0.1, 0.15) is 5.56 Å². The Bertz CT molecular complexity index is 836. The first-order valence-electron chi connectivity index (χ1n) is 7.46. The van der Waals surface area contributed by atoms with Gasteiger partial charge in [0.15, 0.2) is 0 Å². The number of para-hydroxylation sites is 1. The lowest BCUT2D eigenvalue weighted by Gasteiger charge is -2.14. The van der Waals surface area contributed by atoms with E-state index in [2.05, 4.69) is 5.32 Å². The average molecular weight is 375 g/mol. The van der Waals surface area contributed by atoms with Gasteiger partial charge in [-0.2, -0.15) is 0 Å². The molecule has 0 radical (unpaired) electrons. The lowest BCUT2D eigenvalue weighted by Crippen LogP contribution is -2.33. The predicted molar refractivity (Wildman–Crippen MR) is 101 cm³/mol. The van der Waals surface area contributed by atoms with Gasteiger partial charge in [-0.1, -0.05) is 29.8 Å². The molecule has 5 nitrogen and oxygen atoms in total. The first kappa shape index (κ1) is 17.4. The number of hydrogen-bond acceptors (Lipinski definition) is 5. The number of nitrogens with zero attached hydrogens (tertiary/aromatic N) is 1. The number of imide groups is 1. The predicted octanol–water partition coefficient (Wildman–Crippen LogP) is 4.45. The van der Waals surface area contributed by atoms with Crippen molar-refractivity contribution < 1.29 is 14.3 Å². The topological polar surface area (TPSA) is 58.6 Å². The summed E-state index contributed by atoms with van der Waals surface area (Å²) in [6.45, 7) is 0.0928. The SMILES string of the molecule is COc1ccccc1C=C1SC(=O)N(CNc2ccc(Cl)cc2)C1=O. The molecule has 0 aliphatic carbocycles. The number of benzene rings is 2. The van der Waals surface area contributed by atoms with Crippen LogP contribution in [0.5, 0.6) is 5.75 Å². The molecule has 0 aromatic heterocycles. The Morgan fingerprint density at radius 2 is 1.88 bits per heavy atom. The Balaban J connectivity index is 1.73. The Hall–Kier alpha value is -2.44. The number of ether oxygens (including phenoxy) is 1. The zero-order chi connectivity index (χ0) is 17.8. The van der Waals surface area contributed by atoms with Crippen LogP contribution < -0.4 is 10.1 Å². The molecular weight excluding hydrogens is 360 g/mol. The van der Waals surface area contributed by atoms with E-state index in [0.717, 1.165) is 23.0 Å². The highest BCUT2D eigenvalue weighted by Gasteiger charge is 2.34. The van der Waals surface area contributed by atoms with Crippen molar-refractivity contribution in [3.8, 4) is 5.75 Å². The molecule has 0 atom stereocenters. The van der Waals surface area contributed by atoms with Crippen molar-refractivity contribution in [1.29, 1.82) is 0 Å². The molecule has 1 aliphatic heterocycles. The minimum absolute atomic E-state index is 0.0928. The molecule has 25 heavy (non-hydrogen) atoms. The largest absolute Gasteiger partial charge is 0.496 e. The Labute approximate surface area is 154 Å². The third kappa shape index (κ3) is 3.97. The molecule has 2 amide bonds. The van der Waals surface area contributed by atoms with Crippen LogP contribution in [0.4, 0.5) is 10.5 Å². The summed E-state index contributed by atoms with van der Waals surface area (Å²) in [6, 6.07) is 14.4. The van der Waals surface area contributed by atoms with E-state index in [9.17, 15) is 9.59 Å². The van der Waals surface area contributed by atoms with Crippen LogP contribution in [0.2, 0.25) is 5.02 Å². The van der Waals surface area contributed by atoms with Crippen LogP contribution in [0.25, 0.3) is 6.08 Å². The summed E-state index contributed by atoms with van der Waals surface area (Å²) in [4.78, 5) is 26.2. The summed E-state index contributed by atoms with van der Waals surface area (Å²) in [6.07, 6.45) is 1.67. The van der Waals surface area contributed by atoms with Crippen molar-refractivity contribution in [2.24, 2.45) is 0 Å². The van der Waals surface area contributed by atoms with Crippen LogP contribution in [-0.2, 0) is 4.79 Å². The van der Waals surface area contributed by atoms with E-state index in [0.29, 0.717) is 15.7 Å². The van der Waals surface area contributed by atoms with Crippen molar-refractivity contribution in [3.63, 3.8) is 0 Å². The van der Waals surface area contributed by atoms with E-state index in [1.54, 1.807) is 43.5 Å². The van der Waals surface area contributed by atoms with E-state index in [1.807, 2.05) is 18.2 Å². The van der Waals surface area contributed by atoms with Crippen LogP contribution >= 0.6 is 23.4 Å². The van der Waals surface area contributed by atoms with Crippen molar-refractivity contribution in [2.45, 2.75) is 0 Å². The number of carbonyl (C=O) groups is 2. The molecule has 1 aliphatic rings. The second-order valence-corrected chi connectivity index (χ2v) is 6.62. The zero-order valence-corrected chi connectivity index (χ0v) is 14.9. The quantitative estimate of drug-likeness (QED) is 0.783. The van der Waals surface area contributed by atoms with Gasteiger partial charge in [-0.15, -0.1) is 0 Å². The maximum Gasteiger partial charge on any atom is 0.295 e. The number of amides is 2. The Morgan fingerprint density at radius 3 is 2.60 bits per heavy atom. The first-order chi connectivity index (χ1) is 12.1. The summed E-state index contributed by atoms with van der Waals surface area (Å²) in [7, 11) is 1.56. The molecule has 3 rings (SSSR count). The molecule has 7 heteroatoms. The minimum Gasteiger partial charge on any atom is -0.496 e.